The molecule has 0 radical (unpaired) electrons. The molecule has 0 spiro atoms. The molecule has 1 aromatic rings. The number of ether oxygens (including phenoxy) is 1. The van der Waals surface area contributed by atoms with Gasteiger partial charge in [0.1, 0.15) is 5.82 Å². The van der Waals surface area contributed by atoms with Gasteiger partial charge in [-0.2, -0.15) is 0 Å². The zero-order valence-electron chi connectivity index (χ0n) is 14.5. The highest BCUT2D eigenvalue weighted by molar-refractivity contribution is 5.94. The van der Waals surface area contributed by atoms with Crippen LogP contribution in [0.3, 0.4) is 0 Å². The average Bonchev–Trinajstić information content (AvgIpc) is 2.63. The van der Waals surface area contributed by atoms with Crippen molar-refractivity contribution in [1.82, 2.24) is 10.6 Å². The molecule has 1 aliphatic carbocycles. The molecule has 1 fully saturated rings. The highest BCUT2D eigenvalue weighted by atomic mass is 19.1. The Balaban J connectivity index is 1.88. The maximum Gasteiger partial charge on any atom is 0.307 e. The number of hydrogen-bond acceptors (Lipinski definition) is 5. The first-order valence-corrected chi connectivity index (χ1v) is 8.49. The molecule has 0 bridgehead atoms. The second-order valence-corrected chi connectivity index (χ2v) is 6.28. The van der Waals surface area contributed by atoms with Crippen LogP contribution in [0.2, 0.25) is 0 Å². The van der Waals surface area contributed by atoms with Gasteiger partial charge < -0.3 is 20.5 Å². The number of carbonyl (C=O) groups is 3. The number of methoxy groups -OCH3 is 1. The van der Waals surface area contributed by atoms with Gasteiger partial charge >= 0.3 is 5.97 Å². The van der Waals surface area contributed by atoms with Crippen molar-refractivity contribution in [3.05, 3.63) is 35.6 Å². The van der Waals surface area contributed by atoms with Crippen LogP contribution in [0.25, 0.3) is 0 Å². The van der Waals surface area contributed by atoms with Crippen LogP contribution in [-0.4, -0.2) is 48.7 Å². The third-order valence-corrected chi connectivity index (χ3v) is 4.46. The Morgan fingerprint density at radius 3 is 2.58 bits per heavy atom. The number of aliphatic hydroxyl groups is 1. The molecule has 2 amide bonds. The van der Waals surface area contributed by atoms with Crippen molar-refractivity contribution in [3.8, 4) is 0 Å². The van der Waals surface area contributed by atoms with E-state index in [4.69, 9.17) is 0 Å². The molecule has 1 aromatic carbocycles. The number of halogens is 1. The molecule has 0 aromatic heterocycles. The first-order valence-electron chi connectivity index (χ1n) is 8.49. The van der Waals surface area contributed by atoms with Gasteiger partial charge in [0.15, 0.2) is 0 Å². The summed E-state index contributed by atoms with van der Waals surface area (Å²) in [6, 6.07) is 4.51. The van der Waals surface area contributed by atoms with Crippen LogP contribution in [0.4, 0.5) is 4.39 Å². The molecule has 0 heterocycles. The van der Waals surface area contributed by atoms with Gasteiger partial charge in [-0.15, -0.1) is 0 Å². The summed E-state index contributed by atoms with van der Waals surface area (Å²) in [5, 5.41) is 15.5. The number of rotatable bonds is 6. The van der Waals surface area contributed by atoms with Gasteiger partial charge in [0.25, 0.3) is 5.91 Å². The Morgan fingerprint density at radius 1 is 1.23 bits per heavy atom. The van der Waals surface area contributed by atoms with E-state index in [1.807, 2.05) is 0 Å². The lowest BCUT2D eigenvalue weighted by Crippen LogP contribution is -2.49. The zero-order chi connectivity index (χ0) is 19.1. The van der Waals surface area contributed by atoms with Crippen LogP contribution >= 0.6 is 0 Å². The minimum atomic E-state index is -0.751. The normalized spacial score (nSPS) is 22.3. The molecule has 3 atom stereocenters. The summed E-state index contributed by atoms with van der Waals surface area (Å²) in [4.78, 5) is 35.5. The molecule has 1 aliphatic rings. The molecule has 0 unspecified atom stereocenters. The SMILES string of the molecule is COC(=O)CCNC(=O)[C@H]1CC[C@@H](O)[C@H](NC(=O)c2ccc(F)cc2)C1. The number of amides is 2. The maximum absolute atomic E-state index is 12.9. The van der Waals surface area contributed by atoms with Gasteiger partial charge in [0.2, 0.25) is 5.91 Å². The quantitative estimate of drug-likeness (QED) is 0.645. The summed E-state index contributed by atoms with van der Waals surface area (Å²) in [5.74, 6) is -1.87. The molecule has 142 valence electrons. The minimum absolute atomic E-state index is 0.0856. The summed E-state index contributed by atoms with van der Waals surface area (Å²) in [6.45, 7) is 0.178. The van der Waals surface area contributed by atoms with E-state index in [9.17, 15) is 23.9 Å². The van der Waals surface area contributed by atoms with E-state index in [2.05, 4.69) is 15.4 Å². The van der Waals surface area contributed by atoms with Crippen molar-refractivity contribution >= 4 is 17.8 Å². The third-order valence-electron chi connectivity index (χ3n) is 4.46. The number of esters is 1. The van der Waals surface area contributed by atoms with Crippen molar-refractivity contribution in [1.29, 1.82) is 0 Å². The zero-order valence-corrected chi connectivity index (χ0v) is 14.5. The number of carbonyl (C=O) groups excluding carboxylic acids is 3. The lowest BCUT2D eigenvalue weighted by molar-refractivity contribution is -0.140. The van der Waals surface area contributed by atoms with Crippen LogP contribution < -0.4 is 10.6 Å². The first-order chi connectivity index (χ1) is 12.4. The molecular weight excluding hydrogens is 343 g/mol. The Kier molecular flexibility index (Phi) is 7.08. The van der Waals surface area contributed by atoms with Crippen LogP contribution in [0.15, 0.2) is 24.3 Å². The molecule has 2 rings (SSSR count). The molecular formula is C18H23FN2O5. The van der Waals surface area contributed by atoms with E-state index in [1.165, 1.54) is 31.4 Å². The minimum Gasteiger partial charge on any atom is -0.469 e. The monoisotopic (exact) mass is 366 g/mol. The molecule has 8 heteroatoms. The average molecular weight is 366 g/mol. The topological polar surface area (TPSA) is 105 Å². The Hall–Kier alpha value is -2.48. The van der Waals surface area contributed by atoms with Gasteiger partial charge in [-0.1, -0.05) is 0 Å². The standard InChI is InChI=1S/C18H23FN2O5/c1-26-16(23)8-9-20-17(24)12-4-7-15(22)14(10-12)21-18(25)11-2-5-13(19)6-3-11/h2-3,5-6,12,14-15,22H,4,7-10H2,1H3,(H,20,24)(H,21,25)/t12-,14+,15+/m0/s1. The van der Waals surface area contributed by atoms with Crippen LogP contribution in [0.1, 0.15) is 36.0 Å². The van der Waals surface area contributed by atoms with Crippen molar-refractivity contribution in [3.63, 3.8) is 0 Å². The molecule has 3 N–H and O–H groups in total. The van der Waals surface area contributed by atoms with E-state index in [-0.39, 0.29) is 36.8 Å². The van der Waals surface area contributed by atoms with Gasteiger partial charge in [-0.3, -0.25) is 14.4 Å². The second kappa shape index (κ2) is 9.28. The van der Waals surface area contributed by atoms with Crippen LogP contribution in [-0.2, 0) is 14.3 Å². The summed E-state index contributed by atoms with van der Waals surface area (Å²) >= 11 is 0. The van der Waals surface area contributed by atoms with E-state index < -0.39 is 29.8 Å². The van der Waals surface area contributed by atoms with Gasteiger partial charge in [-0.25, -0.2) is 4.39 Å². The highest BCUT2D eigenvalue weighted by Gasteiger charge is 2.33. The number of aliphatic hydroxyl groups excluding tert-OH is 1. The van der Waals surface area contributed by atoms with E-state index in [0.717, 1.165) is 0 Å². The first kappa shape index (κ1) is 19.8. The predicted octanol–water partition coefficient (Wildman–Crippen LogP) is 0.764. The fourth-order valence-corrected chi connectivity index (χ4v) is 2.93. The lowest BCUT2D eigenvalue weighted by Gasteiger charge is -2.33. The van der Waals surface area contributed by atoms with Crippen LogP contribution in [0, 0.1) is 11.7 Å². The van der Waals surface area contributed by atoms with Crippen LogP contribution in [0.5, 0.6) is 0 Å². The summed E-state index contributed by atoms with van der Waals surface area (Å²) in [6.07, 6.45) is 0.497. The predicted molar refractivity (Wildman–Crippen MR) is 90.6 cm³/mol. The number of nitrogens with one attached hydrogen (secondary N) is 2. The smallest absolute Gasteiger partial charge is 0.307 e. The largest absolute Gasteiger partial charge is 0.469 e. The fourth-order valence-electron chi connectivity index (χ4n) is 2.93. The van der Waals surface area contributed by atoms with Crippen molar-refractivity contribution in [2.75, 3.05) is 13.7 Å². The molecule has 26 heavy (non-hydrogen) atoms. The van der Waals surface area contributed by atoms with E-state index >= 15 is 0 Å². The maximum atomic E-state index is 12.9. The fraction of sp³-hybridized carbons (Fsp3) is 0.500. The van der Waals surface area contributed by atoms with Crippen molar-refractivity contribution < 1.29 is 28.6 Å². The van der Waals surface area contributed by atoms with E-state index in [0.29, 0.717) is 12.8 Å². The van der Waals surface area contributed by atoms with Crippen molar-refractivity contribution in [2.45, 2.75) is 37.8 Å². The Labute approximate surface area is 150 Å². The third kappa shape index (κ3) is 5.52. The number of benzene rings is 1. The molecule has 7 nitrogen and oxygen atoms in total. The van der Waals surface area contributed by atoms with Crippen molar-refractivity contribution in [2.24, 2.45) is 5.92 Å². The number of hydrogen-bond donors (Lipinski definition) is 3. The highest BCUT2D eigenvalue weighted by Crippen LogP contribution is 2.25. The van der Waals surface area contributed by atoms with Gasteiger partial charge in [0.05, 0.1) is 25.7 Å². The van der Waals surface area contributed by atoms with Gasteiger partial charge in [-0.05, 0) is 43.5 Å². The molecule has 0 aliphatic heterocycles. The van der Waals surface area contributed by atoms with E-state index in [1.54, 1.807) is 0 Å². The Morgan fingerprint density at radius 2 is 1.92 bits per heavy atom. The molecule has 0 saturated heterocycles. The summed E-state index contributed by atoms with van der Waals surface area (Å²) in [7, 11) is 1.28. The Bertz CT molecular complexity index is 649. The van der Waals surface area contributed by atoms with Gasteiger partial charge in [0, 0.05) is 18.0 Å². The summed E-state index contributed by atoms with van der Waals surface area (Å²) in [5.41, 5.74) is 0.281. The second-order valence-electron chi connectivity index (χ2n) is 6.28. The summed E-state index contributed by atoms with van der Waals surface area (Å²) < 4.78 is 17.4. The lowest BCUT2D eigenvalue weighted by atomic mass is 9.83. The molecule has 1 saturated carbocycles.